The molecule has 2 aromatic carbocycles. The lowest BCUT2D eigenvalue weighted by atomic mass is 10.1. The molecule has 1 aliphatic rings. The first kappa shape index (κ1) is 20.8. The minimum Gasteiger partial charge on any atom is -0.490 e. The topological polar surface area (TPSA) is 88.6 Å². The minimum absolute atomic E-state index is 0.125. The average molecular weight is 441 g/mol. The van der Waals surface area contributed by atoms with Gasteiger partial charge in [-0.1, -0.05) is 0 Å². The Morgan fingerprint density at radius 2 is 1.94 bits per heavy atom. The zero-order valence-corrected chi connectivity index (χ0v) is 17.5. The lowest BCUT2D eigenvalue weighted by Gasteiger charge is -2.31. The van der Waals surface area contributed by atoms with E-state index in [1.807, 2.05) is 4.90 Å². The van der Waals surface area contributed by atoms with Crippen molar-refractivity contribution in [1.82, 2.24) is 10.3 Å². The van der Waals surface area contributed by atoms with Gasteiger partial charge in [-0.05, 0) is 54.6 Å². The number of ether oxygens (including phenoxy) is 1. The number of amides is 1. The molecule has 0 bridgehead atoms. The van der Waals surface area contributed by atoms with Crippen molar-refractivity contribution in [3.63, 3.8) is 0 Å². The summed E-state index contributed by atoms with van der Waals surface area (Å²) in [7, 11) is -3.32. The van der Waals surface area contributed by atoms with E-state index in [1.165, 1.54) is 24.4 Å². The van der Waals surface area contributed by atoms with Gasteiger partial charge >= 0.3 is 0 Å². The summed E-state index contributed by atoms with van der Waals surface area (Å²) in [6, 6.07) is 14.4. The first-order valence-corrected chi connectivity index (χ1v) is 11.4. The summed E-state index contributed by atoms with van der Waals surface area (Å²) in [5, 5.41) is 2.77. The Kier molecular flexibility index (Phi) is 5.60. The van der Waals surface area contributed by atoms with Crippen LogP contribution in [0.15, 0.2) is 65.7 Å². The molecule has 0 aliphatic carbocycles. The molecular weight excluding hydrogens is 421 g/mol. The summed E-state index contributed by atoms with van der Waals surface area (Å²) in [5.41, 5.74) is 2.60. The molecule has 0 fully saturated rings. The molecule has 1 aromatic heterocycles. The van der Waals surface area contributed by atoms with E-state index in [4.69, 9.17) is 4.74 Å². The Balaban J connectivity index is 1.47. The van der Waals surface area contributed by atoms with Gasteiger partial charge < -0.3 is 15.0 Å². The molecule has 1 aliphatic heterocycles. The normalized spacial score (nSPS) is 13.3. The van der Waals surface area contributed by atoms with Gasteiger partial charge in [-0.15, -0.1) is 0 Å². The molecule has 160 valence electrons. The molecule has 3 aromatic rings. The van der Waals surface area contributed by atoms with E-state index >= 15 is 0 Å². The Morgan fingerprint density at radius 3 is 2.61 bits per heavy atom. The van der Waals surface area contributed by atoms with Crippen LogP contribution in [-0.2, 0) is 16.4 Å². The summed E-state index contributed by atoms with van der Waals surface area (Å²) in [6.45, 7) is 1.20. The molecule has 9 heteroatoms. The van der Waals surface area contributed by atoms with Crippen LogP contribution in [0.3, 0.4) is 0 Å². The maximum Gasteiger partial charge on any atom is 0.251 e. The Hall–Kier alpha value is -3.46. The highest BCUT2D eigenvalue weighted by Crippen LogP contribution is 2.37. The summed E-state index contributed by atoms with van der Waals surface area (Å²) in [6.07, 6.45) is 2.38. The number of hydrogen-bond acceptors (Lipinski definition) is 6. The van der Waals surface area contributed by atoms with Gasteiger partial charge in [0.15, 0.2) is 9.84 Å². The third-order valence-corrected chi connectivity index (χ3v) is 5.98. The average Bonchev–Trinajstić information content (AvgIpc) is 2.77. The largest absolute Gasteiger partial charge is 0.490 e. The summed E-state index contributed by atoms with van der Waals surface area (Å²) in [4.78, 5) is 18.8. The van der Waals surface area contributed by atoms with Crippen molar-refractivity contribution in [3.8, 4) is 5.75 Å². The fourth-order valence-electron chi connectivity index (χ4n) is 3.26. The Labute approximate surface area is 179 Å². The zero-order valence-electron chi connectivity index (χ0n) is 16.7. The summed E-state index contributed by atoms with van der Waals surface area (Å²) in [5.74, 6) is -0.0390. The highest BCUT2D eigenvalue weighted by Gasteiger charge is 2.21. The van der Waals surface area contributed by atoms with Crippen molar-refractivity contribution >= 4 is 27.1 Å². The van der Waals surface area contributed by atoms with Crippen molar-refractivity contribution in [2.45, 2.75) is 11.4 Å². The van der Waals surface area contributed by atoms with E-state index < -0.39 is 9.84 Å². The molecule has 0 unspecified atom stereocenters. The van der Waals surface area contributed by atoms with Crippen molar-refractivity contribution in [3.05, 3.63) is 77.9 Å². The molecule has 0 saturated heterocycles. The maximum absolute atomic E-state index is 13.2. The first-order valence-electron chi connectivity index (χ1n) is 9.54. The number of fused-ring (bicyclic) bond motifs is 1. The van der Waals surface area contributed by atoms with Crippen LogP contribution >= 0.6 is 0 Å². The number of anilines is 2. The van der Waals surface area contributed by atoms with Gasteiger partial charge in [-0.2, -0.15) is 0 Å². The van der Waals surface area contributed by atoms with Crippen LogP contribution in [-0.4, -0.2) is 38.7 Å². The fraction of sp³-hybridized carbons (Fsp3) is 0.182. The lowest BCUT2D eigenvalue weighted by molar-refractivity contribution is 0.0950. The second kappa shape index (κ2) is 8.35. The second-order valence-electron chi connectivity index (χ2n) is 7.10. The van der Waals surface area contributed by atoms with E-state index in [2.05, 4.69) is 10.3 Å². The molecule has 1 amide bonds. The minimum atomic E-state index is -3.32. The summed E-state index contributed by atoms with van der Waals surface area (Å²) >= 11 is 0. The van der Waals surface area contributed by atoms with E-state index in [0.29, 0.717) is 30.2 Å². The van der Waals surface area contributed by atoms with Gasteiger partial charge in [0.2, 0.25) is 0 Å². The Morgan fingerprint density at radius 1 is 1.16 bits per heavy atom. The summed E-state index contributed by atoms with van der Waals surface area (Å²) < 4.78 is 42.0. The van der Waals surface area contributed by atoms with Crippen molar-refractivity contribution in [2.24, 2.45) is 0 Å². The Bertz CT molecular complexity index is 1210. The van der Waals surface area contributed by atoms with Gasteiger partial charge in [0, 0.05) is 23.7 Å². The van der Waals surface area contributed by atoms with Gasteiger partial charge in [-0.25, -0.2) is 12.8 Å². The number of pyridine rings is 1. The van der Waals surface area contributed by atoms with Gasteiger partial charge in [-0.3, -0.25) is 9.78 Å². The number of sulfone groups is 1. The molecular formula is C22H20FN3O4S. The van der Waals surface area contributed by atoms with E-state index in [9.17, 15) is 17.6 Å². The quantitative estimate of drug-likeness (QED) is 0.655. The number of nitrogens with one attached hydrogen (secondary N) is 1. The van der Waals surface area contributed by atoms with E-state index in [1.54, 1.807) is 36.4 Å². The lowest BCUT2D eigenvalue weighted by Crippen LogP contribution is -2.29. The maximum atomic E-state index is 13.2. The van der Waals surface area contributed by atoms with Crippen LogP contribution < -0.4 is 15.0 Å². The highest BCUT2D eigenvalue weighted by molar-refractivity contribution is 7.90. The van der Waals surface area contributed by atoms with Crippen molar-refractivity contribution < 1.29 is 22.3 Å². The predicted octanol–water partition coefficient (Wildman–Crippen LogP) is 3.08. The number of benzene rings is 2. The first-order chi connectivity index (χ1) is 14.8. The number of aromatic nitrogens is 1. The van der Waals surface area contributed by atoms with Crippen LogP contribution in [0.2, 0.25) is 0 Å². The van der Waals surface area contributed by atoms with Gasteiger partial charge in [0.1, 0.15) is 18.2 Å². The zero-order chi connectivity index (χ0) is 22.0. The number of rotatable bonds is 5. The fourth-order valence-corrected chi connectivity index (χ4v) is 3.82. The molecule has 0 radical (unpaired) electrons. The standard InChI is InChI=1S/C22H20FN3O4S/c1-31(28,29)19-8-5-17(24-14-19)13-25-22(27)15-2-9-20-21(12-15)30-11-10-26(20)18-6-3-16(23)4-7-18/h2-9,12,14H,10-11,13H2,1H3,(H,25,27). The third-order valence-electron chi connectivity index (χ3n) is 4.88. The number of nitrogens with zero attached hydrogens (tertiary/aromatic N) is 2. The predicted molar refractivity (Wildman–Crippen MR) is 114 cm³/mol. The molecule has 7 nitrogen and oxygen atoms in total. The van der Waals surface area contributed by atoms with Crippen LogP contribution in [0.1, 0.15) is 16.1 Å². The molecule has 4 rings (SSSR count). The second-order valence-corrected chi connectivity index (χ2v) is 9.11. The molecule has 2 heterocycles. The SMILES string of the molecule is CS(=O)(=O)c1ccc(CNC(=O)c2ccc3c(c2)OCCN3c2ccc(F)cc2)nc1. The number of carbonyl (C=O) groups is 1. The number of halogens is 1. The molecule has 0 atom stereocenters. The van der Waals surface area contributed by atoms with Crippen LogP contribution in [0.5, 0.6) is 5.75 Å². The van der Waals surface area contributed by atoms with Gasteiger partial charge in [0.25, 0.3) is 5.91 Å². The van der Waals surface area contributed by atoms with Crippen molar-refractivity contribution in [2.75, 3.05) is 24.3 Å². The highest BCUT2D eigenvalue weighted by atomic mass is 32.2. The van der Waals surface area contributed by atoms with Crippen LogP contribution in [0.4, 0.5) is 15.8 Å². The van der Waals surface area contributed by atoms with Crippen LogP contribution in [0, 0.1) is 5.82 Å². The third kappa shape index (κ3) is 4.66. The smallest absolute Gasteiger partial charge is 0.251 e. The monoisotopic (exact) mass is 441 g/mol. The molecule has 31 heavy (non-hydrogen) atoms. The van der Waals surface area contributed by atoms with Crippen molar-refractivity contribution in [1.29, 1.82) is 0 Å². The molecule has 0 spiro atoms. The van der Waals surface area contributed by atoms with E-state index in [-0.39, 0.29) is 23.2 Å². The van der Waals surface area contributed by atoms with E-state index in [0.717, 1.165) is 17.6 Å². The molecule has 0 saturated carbocycles. The number of carbonyl (C=O) groups excluding carboxylic acids is 1. The molecule has 1 N–H and O–H groups in total. The van der Waals surface area contributed by atoms with Crippen LogP contribution in [0.25, 0.3) is 0 Å². The number of hydrogen-bond donors (Lipinski definition) is 1. The van der Waals surface area contributed by atoms with Gasteiger partial charge in [0.05, 0.1) is 29.4 Å².